The average Bonchev–Trinajstić information content (AvgIpc) is 2.70. The Bertz CT molecular complexity index is 714. The van der Waals surface area contributed by atoms with Crippen LogP contribution in [0.15, 0.2) is 30.3 Å². The molecule has 0 unspecified atom stereocenters. The van der Waals surface area contributed by atoms with E-state index in [0.717, 1.165) is 4.90 Å². The number of amides is 4. The Labute approximate surface area is 127 Å². The van der Waals surface area contributed by atoms with Crippen LogP contribution in [0.2, 0.25) is 0 Å². The maximum Gasteiger partial charge on any atom is 0.328 e. The highest BCUT2D eigenvalue weighted by Crippen LogP contribution is 2.43. The van der Waals surface area contributed by atoms with Crippen LogP contribution in [0.4, 0.5) is 10.5 Å². The quantitative estimate of drug-likeness (QED) is 0.600. The molecule has 0 aromatic heterocycles. The first-order valence-corrected chi connectivity index (χ1v) is 6.66. The second kappa shape index (κ2) is 4.59. The maximum atomic E-state index is 12.7. The van der Waals surface area contributed by atoms with E-state index in [4.69, 9.17) is 4.74 Å². The lowest BCUT2D eigenvalue weighted by atomic mass is 9.95. The molecule has 4 amide bonds. The Balaban J connectivity index is 2.32. The number of nitrogens with zero attached hydrogens (tertiary/aromatic N) is 3. The van der Waals surface area contributed by atoms with Gasteiger partial charge < -0.3 is 4.74 Å². The fourth-order valence-electron chi connectivity index (χ4n) is 2.98. The number of likely N-dealkylation sites (N-methyl/N-ethyl adjacent to an activating group) is 2. The van der Waals surface area contributed by atoms with Crippen molar-refractivity contribution in [1.29, 1.82) is 0 Å². The van der Waals surface area contributed by atoms with E-state index in [1.54, 1.807) is 18.2 Å². The number of methoxy groups -OCH3 is 1. The predicted molar refractivity (Wildman–Crippen MR) is 78.6 cm³/mol. The highest BCUT2D eigenvalue weighted by atomic mass is 16.5. The number of hydrogen-bond acceptors (Lipinski definition) is 4. The smallest absolute Gasteiger partial charge is 0.328 e. The van der Waals surface area contributed by atoms with Crippen LogP contribution < -0.4 is 4.90 Å². The van der Waals surface area contributed by atoms with Crippen molar-refractivity contribution in [2.75, 3.05) is 26.1 Å². The van der Waals surface area contributed by atoms with E-state index in [9.17, 15) is 14.4 Å². The number of benzene rings is 1. The Kier molecular flexibility index (Phi) is 2.94. The van der Waals surface area contributed by atoms with Crippen molar-refractivity contribution in [1.82, 2.24) is 9.80 Å². The summed E-state index contributed by atoms with van der Waals surface area (Å²) >= 11 is 0. The van der Waals surface area contributed by atoms with Crippen molar-refractivity contribution in [3.8, 4) is 0 Å². The molecule has 7 heteroatoms. The monoisotopic (exact) mass is 301 g/mol. The van der Waals surface area contributed by atoms with Crippen LogP contribution in [0.5, 0.6) is 0 Å². The van der Waals surface area contributed by atoms with Crippen molar-refractivity contribution in [3.05, 3.63) is 35.9 Å². The molecule has 3 rings (SSSR count). The summed E-state index contributed by atoms with van der Waals surface area (Å²) in [5.41, 5.74) is -0.334. The summed E-state index contributed by atoms with van der Waals surface area (Å²) in [5.74, 6) is -0.0619. The lowest BCUT2D eigenvalue weighted by Crippen LogP contribution is -2.61. The van der Waals surface area contributed by atoms with E-state index in [2.05, 4.69) is 0 Å². The molecule has 1 aromatic carbocycles. The van der Waals surface area contributed by atoms with Gasteiger partial charge in [-0.05, 0) is 12.1 Å². The summed E-state index contributed by atoms with van der Waals surface area (Å²) < 4.78 is 5.37. The zero-order valence-electron chi connectivity index (χ0n) is 12.4. The summed E-state index contributed by atoms with van der Waals surface area (Å²) in [6.07, 6.45) is 2.07. The van der Waals surface area contributed by atoms with Gasteiger partial charge in [-0.15, -0.1) is 0 Å². The minimum Gasteiger partial charge on any atom is -0.496 e. The largest absolute Gasteiger partial charge is 0.496 e. The van der Waals surface area contributed by atoms with Gasteiger partial charge in [-0.1, -0.05) is 12.1 Å². The average molecular weight is 301 g/mol. The van der Waals surface area contributed by atoms with E-state index in [1.165, 1.54) is 37.1 Å². The number of anilines is 1. The third-order valence-corrected chi connectivity index (χ3v) is 4.16. The lowest BCUT2D eigenvalue weighted by molar-refractivity contribution is -0.131. The molecule has 1 fully saturated rings. The minimum atomic E-state index is -1.53. The molecular formula is C15H15N3O4. The van der Waals surface area contributed by atoms with Crippen LogP contribution in [0.1, 0.15) is 5.56 Å². The molecule has 0 aliphatic carbocycles. The number of ether oxygens (including phenoxy) is 1. The topological polar surface area (TPSA) is 70.2 Å². The van der Waals surface area contributed by atoms with Gasteiger partial charge in [-0.3, -0.25) is 24.3 Å². The van der Waals surface area contributed by atoms with Gasteiger partial charge in [-0.2, -0.15) is 0 Å². The van der Waals surface area contributed by atoms with Crippen LogP contribution in [0, 0.1) is 0 Å². The van der Waals surface area contributed by atoms with Crippen molar-refractivity contribution in [3.63, 3.8) is 0 Å². The SMILES string of the molecule is COC1=C[C@]2(C(=O)N(C)C(=O)N2C)N(C=O)c2ccccc21. The first-order chi connectivity index (χ1) is 10.5. The summed E-state index contributed by atoms with van der Waals surface area (Å²) in [6.45, 7) is 0. The molecule has 114 valence electrons. The molecule has 1 aromatic rings. The van der Waals surface area contributed by atoms with E-state index < -0.39 is 17.6 Å². The number of fused-ring (bicyclic) bond motifs is 1. The molecule has 7 nitrogen and oxygen atoms in total. The number of urea groups is 1. The lowest BCUT2D eigenvalue weighted by Gasteiger charge is -2.42. The van der Waals surface area contributed by atoms with Crippen molar-refractivity contribution in [2.45, 2.75) is 5.66 Å². The summed E-state index contributed by atoms with van der Waals surface area (Å²) in [5, 5.41) is 0. The van der Waals surface area contributed by atoms with E-state index >= 15 is 0 Å². The van der Waals surface area contributed by atoms with Crippen molar-refractivity contribution < 1.29 is 19.1 Å². The van der Waals surface area contributed by atoms with E-state index in [1.807, 2.05) is 6.07 Å². The molecule has 0 radical (unpaired) electrons. The highest BCUT2D eigenvalue weighted by Gasteiger charge is 2.59. The van der Waals surface area contributed by atoms with Crippen LogP contribution in [0.3, 0.4) is 0 Å². The summed E-state index contributed by atoms with van der Waals surface area (Å²) in [7, 11) is 4.36. The van der Waals surface area contributed by atoms with Gasteiger partial charge in [0.15, 0.2) is 0 Å². The predicted octanol–water partition coefficient (Wildman–Crippen LogP) is 0.870. The highest BCUT2D eigenvalue weighted by molar-refractivity contribution is 6.14. The number of rotatable bonds is 2. The molecule has 1 spiro atoms. The van der Waals surface area contributed by atoms with Crippen molar-refractivity contribution >= 4 is 29.8 Å². The molecule has 2 aliphatic heterocycles. The van der Waals surface area contributed by atoms with Crippen LogP contribution in [-0.2, 0) is 14.3 Å². The molecule has 0 N–H and O–H groups in total. The molecule has 1 atom stereocenters. The van der Waals surface area contributed by atoms with Gasteiger partial charge in [0.05, 0.1) is 12.8 Å². The zero-order chi connectivity index (χ0) is 16.1. The minimum absolute atomic E-state index is 0.442. The number of carbonyl (C=O) groups is 3. The Morgan fingerprint density at radius 1 is 1.18 bits per heavy atom. The molecule has 2 aliphatic rings. The van der Waals surface area contributed by atoms with Gasteiger partial charge in [0, 0.05) is 25.7 Å². The third-order valence-electron chi connectivity index (χ3n) is 4.16. The Morgan fingerprint density at radius 2 is 1.86 bits per heavy atom. The van der Waals surface area contributed by atoms with Crippen molar-refractivity contribution in [2.24, 2.45) is 0 Å². The zero-order valence-corrected chi connectivity index (χ0v) is 12.4. The van der Waals surface area contributed by atoms with Gasteiger partial charge in [0.2, 0.25) is 12.1 Å². The molecule has 2 heterocycles. The first kappa shape index (κ1) is 14.1. The van der Waals surface area contributed by atoms with Gasteiger partial charge in [0.1, 0.15) is 5.76 Å². The molecule has 1 saturated heterocycles. The van der Waals surface area contributed by atoms with Crippen LogP contribution in [0.25, 0.3) is 5.76 Å². The molecule has 22 heavy (non-hydrogen) atoms. The first-order valence-electron chi connectivity index (χ1n) is 6.66. The van der Waals surface area contributed by atoms with Gasteiger partial charge in [0.25, 0.3) is 5.91 Å². The normalized spacial score (nSPS) is 23.8. The van der Waals surface area contributed by atoms with E-state index in [0.29, 0.717) is 23.4 Å². The number of imide groups is 1. The second-order valence-electron chi connectivity index (χ2n) is 5.14. The second-order valence-corrected chi connectivity index (χ2v) is 5.14. The molecular weight excluding hydrogens is 286 g/mol. The van der Waals surface area contributed by atoms with Crippen LogP contribution >= 0.6 is 0 Å². The van der Waals surface area contributed by atoms with Gasteiger partial charge in [-0.25, -0.2) is 4.79 Å². The number of carbonyl (C=O) groups excluding carboxylic acids is 3. The Morgan fingerprint density at radius 3 is 2.41 bits per heavy atom. The molecule has 0 saturated carbocycles. The number of para-hydroxylation sites is 1. The summed E-state index contributed by atoms with van der Waals surface area (Å²) in [6, 6.07) is 6.58. The van der Waals surface area contributed by atoms with Crippen LogP contribution in [-0.4, -0.2) is 55.0 Å². The van der Waals surface area contributed by atoms with Gasteiger partial charge >= 0.3 is 6.03 Å². The summed E-state index contributed by atoms with van der Waals surface area (Å²) in [4.78, 5) is 40.1. The Hall–Kier alpha value is -2.83. The standard InChI is InChI=1S/C15H15N3O4/c1-16-13(20)15(17(2)14(16)21)8-12(22-3)10-6-4-5-7-11(10)18(15)9-19/h4-9H,1-3H3/t15-/m1/s1. The van der Waals surface area contributed by atoms with E-state index in [-0.39, 0.29) is 0 Å². The maximum absolute atomic E-state index is 12.7. The fourth-order valence-corrected chi connectivity index (χ4v) is 2.98. The number of hydrogen-bond donors (Lipinski definition) is 0. The fraction of sp³-hybridized carbons (Fsp3) is 0.267. The molecule has 0 bridgehead atoms. The third kappa shape index (κ3) is 1.47.